The van der Waals surface area contributed by atoms with Crippen LogP contribution in [0.2, 0.25) is 0 Å². The smallest absolute Gasteiger partial charge is 0.313 e. The lowest BCUT2D eigenvalue weighted by atomic mass is 9.73. The molecule has 0 radical (unpaired) electrons. The lowest BCUT2D eigenvalue weighted by Gasteiger charge is -2.48. The van der Waals surface area contributed by atoms with Gasteiger partial charge in [-0.3, -0.25) is 4.79 Å². The van der Waals surface area contributed by atoms with Crippen molar-refractivity contribution in [2.24, 2.45) is 5.92 Å². The second-order valence-corrected chi connectivity index (χ2v) is 5.85. The number of nitrogens with one attached hydrogen (secondary N) is 1. The van der Waals surface area contributed by atoms with E-state index >= 15 is 0 Å². The Bertz CT molecular complexity index is 529. The van der Waals surface area contributed by atoms with Crippen molar-refractivity contribution in [2.45, 2.75) is 25.3 Å². The number of para-hydroxylation sites is 1. The fourth-order valence-electron chi connectivity index (χ4n) is 3.93. The van der Waals surface area contributed by atoms with Crippen molar-refractivity contribution in [1.82, 2.24) is 5.32 Å². The Hall–Kier alpha value is -1.55. The molecule has 2 heterocycles. The Balaban J connectivity index is 2.14. The number of methoxy groups -OCH3 is 1. The number of esters is 1. The van der Waals surface area contributed by atoms with Gasteiger partial charge in [-0.05, 0) is 31.0 Å². The summed E-state index contributed by atoms with van der Waals surface area (Å²) in [4.78, 5) is 14.7. The Morgan fingerprint density at radius 2 is 2.25 bits per heavy atom. The van der Waals surface area contributed by atoms with E-state index in [1.807, 2.05) is 6.07 Å². The molecule has 3 unspecified atom stereocenters. The van der Waals surface area contributed by atoms with Crippen molar-refractivity contribution in [3.63, 3.8) is 0 Å². The number of carbonyl (C=O) groups excluding carboxylic acids is 1. The first-order valence-electron chi connectivity index (χ1n) is 7.26. The van der Waals surface area contributed by atoms with Crippen LogP contribution in [0.25, 0.3) is 0 Å². The second kappa shape index (κ2) is 5.09. The number of anilines is 1. The molecule has 2 aliphatic rings. The largest absolute Gasteiger partial charge is 0.469 e. The predicted octanol–water partition coefficient (Wildman–Crippen LogP) is 1.68. The highest BCUT2D eigenvalue weighted by atomic mass is 16.5. The van der Waals surface area contributed by atoms with Crippen LogP contribution >= 0.6 is 0 Å². The summed E-state index contributed by atoms with van der Waals surface area (Å²) in [5.74, 6) is 0.0306. The van der Waals surface area contributed by atoms with E-state index in [0.29, 0.717) is 6.04 Å². The van der Waals surface area contributed by atoms with Crippen molar-refractivity contribution in [1.29, 1.82) is 0 Å². The molecule has 2 aliphatic heterocycles. The summed E-state index contributed by atoms with van der Waals surface area (Å²) < 4.78 is 5.09. The van der Waals surface area contributed by atoms with Crippen LogP contribution in [-0.2, 0) is 9.53 Å². The maximum atomic E-state index is 12.3. The number of hydrogen-bond donors (Lipinski definition) is 1. The van der Waals surface area contributed by atoms with Crippen molar-refractivity contribution in [3.05, 3.63) is 29.3 Å². The Labute approximate surface area is 120 Å². The van der Waals surface area contributed by atoms with Gasteiger partial charge in [0.05, 0.1) is 13.0 Å². The zero-order valence-electron chi connectivity index (χ0n) is 12.3. The van der Waals surface area contributed by atoms with E-state index in [1.54, 1.807) is 0 Å². The molecule has 0 bridgehead atoms. The molecule has 108 valence electrons. The zero-order chi connectivity index (χ0) is 14.3. The molecule has 3 atom stereocenters. The molecule has 1 fully saturated rings. The van der Waals surface area contributed by atoms with Gasteiger partial charge in [-0.25, -0.2) is 0 Å². The molecule has 1 aromatic rings. The summed E-state index contributed by atoms with van der Waals surface area (Å²) in [7, 11) is 3.64. The highest BCUT2D eigenvalue weighted by molar-refractivity contribution is 5.83. The maximum absolute atomic E-state index is 12.3. The summed E-state index contributed by atoms with van der Waals surface area (Å²) >= 11 is 0. The topological polar surface area (TPSA) is 41.6 Å². The van der Waals surface area contributed by atoms with Crippen LogP contribution < -0.4 is 10.2 Å². The number of rotatable bonds is 1. The summed E-state index contributed by atoms with van der Waals surface area (Å²) in [5, 5.41) is 3.42. The third-order valence-corrected chi connectivity index (χ3v) is 4.83. The molecule has 4 heteroatoms. The molecule has 0 amide bonds. The first-order chi connectivity index (χ1) is 9.65. The minimum atomic E-state index is -0.149. The van der Waals surface area contributed by atoms with Crippen LogP contribution in [-0.4, -0.2) is 39.3 Å². The van der Waals surface area contributed by atoms with E-state index in [2.05, 4.69) is 36.3 Å². The minimum absolute atomic E-state index is 0.108. The molecule has 1 saturated heterocycles. The molecular formula is C16H22N2O2. The average molecular weight is 274 g/mol. The highest BCUT2D eigenvalue weighted by Gasteiger charge is 2.45. The molecule has 3 rings (SSSR count). The Morgan fingerprint density at radius 3 is 3.00 bits per heavy atom. The van der Waals surface area contributed by atoms with Gasteiger partial charge in [0.15, 0.2) is 0 Å². The lowest BCUT2D eigenvalue weighted by molar-refractivity contribution is -0.144. The highest BCUT2D eigenvalue weighted by Crippen LogP contribution is 2.45. The van der Waals surface area contributed by atoms with E-state index in [1.165, 1.54) is 18.4 Å². The van der Waals surface area contributed by atoms with Crippen LogP contribution in [0.4, 0.5) is 5.69 Å². The minimum Gasteiger partial charge on any atom is -0.469 e. The number of nitrogens with zero attached hydrogens (tertiary/aromatic N) is 1. The van der Waals surface area contributed by atoms with Gasteiger partial charge in [-0.2, -0.15) is 0 Å². The summed E-state index contributed by atoms with van der Waals surface area (Å²) in [5.41, 5.74) is 3.56. The third-order valence-electron chi connectivity index (χ3n) is 4.83. The Kier molecular flexibility index (Phi) is 3.42. The molecule has 0 saturated carbocycles. The van der Waals surface area contributed by atoms with Crippen molar-refractivity contribution < 1.29 is 9.53 Å². The number of carbonyl (C=O) groups is 1. The fourth-order valence-corrected chi connectivity index (χ4v) is 3.93. The summed E-state index contributed by atoms with van der Waals surface area (Å²) in [6.07, 6.45) is 1.07. The van der Waals surface area contributed by atoms with Crippen LogP contribution in [0, 0.1) is 12.8 Å². The standard InChI is InChI=1S/C16H22N2O2/c1-10-5-4-6-11-14(16(19)20-3)12-9-17-8-7-13(12)18(2)15(10)11/h4-6,12-14,17H,7-9H2,1-3H3. The van der Waals surface area contributed by atoms with E-state index in [-0.39, 0.29) is 17.8 Å². The zero-order valence-corrected chi connectivity index (χ0v) is 12.3. The predicted molar refractivity (Wildman–Crippen MR) is 79.1 cm³/mol. The van der Waals surface area contributed by atoms with E-state index in [9.17, 15) is 4.79 Å². The molecule has 4 nitrogen and oxygen atoms in total. The fraction of sp³-hybridized carbons (Fsp3) is 0.562. The maximum Gasteiger partial charge on any atom is 0.313 e. The number of benzene rings is 1. The van der Waals surface area contributed by atoms with E-state index in [0.717, 1.165) is 25.1 Å². The van der Waals surface area contributed by atoms with Crippen LogP contribution in [0.1, 0.15) is 23.5 Å². The number of fused-ring (bicyclic) bond motifs is 2. The molecule has 1 N–H and O–H groups in total. The van der Waals surface area contributed by atoms with Gasteiger partial charge in [0.25, 0.3) is 0 Å². The molecule has 20 heavy (non-hydrogen) atoms. The summed E-state index contributed by atoms with van der Waals surface area (Å²) in [6.45, 7) is 4.01. The van der Waals surface area contributed by atoms with Crippen LogP contribution in [0.15, 0.2) is 18.2 Å². The van der Waals surface area contributed by atoms with Gasteiger partial charge in [-0.1, -0.05) is 18.2 Å². The van der Waals surface area contributed by atoms with Gasteiger partial charge in [0, 0.05) is 31.2 Å². The van der Waals surface area contributed by atoms with Gasteiger partial charge < -0.3 is 15.0 Å². The normalized spacial score (nSPS) is 28.6. The molecular weight excluding hydrogens is 252 g/mol. The van der Waals surface area contributed by atoms with Crippen molar-refractivity contribution >= 4 is 11.7 Å². The van der Waals surface area contributed by atoms with E-state index in [4.69, 9.17) is 4.74 Å². The lowest BCUT2D eigenvalue weighted by Crippen LogP contribution is -2.55. The van der Waals surface area contributed by atoms with Crippen molar-refractivity contribution in [2.75, 3.05) is 32.1 Å². The summed E-state index contributed by atoms with van der Waals surface area (Å²) in [6, 6.07) is 6.64. The van der Waals surface area contributed by atoms with Gasteiger partial charge in [-0.15, -0.1) is 0 Å². The van der Waals surface area contributed by atoms with Crippen LogP contribution in [0.3, 0.4) is 0 Å². The first-order valence-corrected chi connectivity index (χ1v) is 7.26. The number of ether oxygens (including phenoxy) is 1. The molecule has 0 spiro atoms. The quantitative estimate of drug-likeness (QED) is 0.791. The number of hydrogen-bond acceptors (Lipinski definition) is 4. The number of piperidine rings is 1. The van der Waals surface area contributed by atoms with Crippen molar-refractivity contribution in [3.8, 4) is 0 Å². The molecule has 0 aliphatic carbocycles. The monoisotopic (exact) mass is 274 g/mol. The van der Waals surface area contributed by atoms with Crippen LogP contribution in [0.5, 0.6) is 0 Å². The SMILES string of the molecule is COC(=O)C1c2cccc(C)c2N(C)C2CCNCC12. The van der Waals surface area contributed by atoms with E-state index < -0.39 is 0 Å². The van der Waals surface area contributed by atoms with Gasteiger partial charge in [0.2, 0.25) is 0 Å². The molecule has 1 aromatic carbocycles. The average Bonchev–Trinajstić information content (AvgIpc) is 2.47. The van der Waals surface area contributed by atoms with Gasteiger partial charge >= 0.3 is 5.97 Å². The second-order valence-electron chi connectivity index (χ2n) is 5.85. The first kappa shape index (κ1) is 13.4. The third kappa shape index (κ3) is 1.90. The molecule has 0 aromatic heterocycles. The Morgan fingerprint density at radius 1 is 1.45 bits per heavy atom. The number of aryl methyl sites for hydroxylation is 1. The van der Waals surface area contributed by atoms with Gasteiger partial charge in [0.1, 0.15) is 0 Å².